The molecule has 9 heteroatoms. The van der Waals surface area contributed by atoms with E-state index in [-0.39, 0.29) is 29.1 Å². The largest absolute Gasteiger partial charge is 0.457 e. The molecule has 0 bridgehead atoms. The van der Waals surface area contributed by atoms with Gasteiger partial charge in [0.15, 0.2) is 23.1 Å². The standard InChI is InChI=1S/C14H18ClN5O3/c1-4-8-6(2)10(22-7(3)21)13(23-8)20-5-17-9-11(15)18-14(16)19-12(9)20/h5-6,8,10,13H,4H2,1-3H3,(H2,16,18,19)/t6-,8-,10-,13?/m1/s1. The van der Waals surface area contributed by atoms with Crippen molar-refractivity contribution in [2.45, 2.75) is 45.6 Å². The topological polar surface area (TPSA) is 105 Å². The maximum absolute atomic E-state index is 11.5. The van der Waals surface area contributed by atoms with Gasteiger partial charge in [0.05, 0.1) is 12.4 Å². The molecule has 0 saturated carbocycles. The molecule has 2 aromatic heterocycles. The van der Waals surface area contributed by atoms with Crippen molar-refractivity contribution in [3.8, 4) is 0 Å². The van der Waals surface area contributed by atoms with Crippen LogP contribution in [0.15, 0.2) is 6.33 Å². The molecule has 0 aromatic carbocycles. The Morgan fingerprint density at radius 2 is 2.26 bits per heavy atom. The highest BCUT2D eigenvalue weighted by atomic mass is 35.5. The zero-order chi connectivity index (χ0) is 16.7. The van der Waals surface area contributed by atoms with Crippen LogP contribution in [0, 0.1) is 5.92 Å². The number of hydrogen-bond acceptors (Lipinski definition) is 7. The van der Waals surface area contributed by atoms with Crippen LogP contribution in [0.5, 0.6) is 0 Å². The van der Waals surface area contributed by atoms with Gasteiger partial charge in [-0.15, -0.1) is 0 Å². The van der Waals surface area contributed by atoms with Crippen molar-refractivity contribution in [2.75, 3.05) is 5.73 Å². The smallest absolute Gasteiger partial charge is 0.303 e. The van der Waals surface area contributed by atoms with E-state index in [4.69, 9.17) is 26.8 Å². The summed E-state index contributed by atoms with van der Waals surface area (Å²) < 4.78 is 13.2. The van der Waals surface area contributed by atoms with Gasteiger partial charge in [-0.05, 0) is 6.42 Å². The van der Waals surface area contributed by atoms with Gasteiger partial charge in [-0.1, -0.05) is 25.4 Å². The third kappa shape index (κ3) is 2.72. The maximum atomic E-state index is 11.5. The zero-order valence-electron chi connectivity index (χ0n) is 13.1. The number of nitrogens with zero attached hydrogens (tertiary/aromatic N) is 4. The Hall–Kier alpha value is -1.93. The Morgan fingerprint density at radius 1 is 1.52 bits per heavy atom. The molecule has 1 saturated heterocycles. The van der Waals surface area contributed by atoms with Gasteiger partial charge in [-0.25, -0.2) is 4.98 Å². The average molecular weight is 340 g/mol. The minimum absolute atomic E-state index is 0.0311. The molecule has 4 atom stereocenters. The number of rotatable bonds is 3. The van der Waals surface area contributed by atoms with Crippen molar-refractivity contribution in [1.29, 1.82) is 0 Å². The molecule has 1 aliphatic heterocycles. The Labute approximate surface area is 138 Å². The number of halogens is 1. The summed E-state index contributed by atoms with van der Waals surface area (Å²) in [4.78, 5) is 23.8. The molecule has 3 rings (SSSR count). The number of esters is 1. The second-order valence-corrected chi connectivity index (χ2v) is 5.96. The van der Waals surface area contributed by atoms with Crippen molar-refractivity contribution < 1.29 is 14.3 Å². The summed E-state index contributed by atoms with van der Waals surface area (Å²) in [6, 6.07) is 0. The molecule has 23 heavy (non-hydrogen) atoms. The lowest BCUT2D eigenvalue weighted by Gasteiger charge is -2.21. The average Bonchev–Trinajstić information content (AvgIpc) is 3.01. The number of nitrogen functional groups attached to an aromatic ring is 1. The van der Waals surface area contributed by atoms with E-state index in [9.17, 15) is 4.79 Å². The molecule has 3 heterocycles. The molecule has 2 aromatic rings. The minimum Gasteiger partial charge on any atom is -0.457 e. The molecule has 0 radical (unpaired) electrons. The SMILES string of the molecule is CC[C@H]1OC(n2cnc3c(Cl)nc(N)nc32)[C@H](OC(C)=O)[C@@H]1C. The number of imidazole rings is 1. The third-order valence-electron chi connectivity index (χ3n) is 4.07. The van der Waals surface area contributed by atoms with Gasteiger partial charge >= 0.3 is 5.97 Å². The molecule has 8 nitrogen and oxygen atoms in total. The van der Waals surface area contributed by atoms with Crippen molar-refractivity contribution >= 4 is 34.7 Å². The first-order valence-corrected chi connectivity index (χ1v) is 7.78. The first kappa shape index (κ1) is 15.9. The van der Waals surface area contributed by atoms with Crippen molar-refractivity contribution in [3.05, 3.63) is 11.5 Å². The lowest BCUT2D eigenvalue weighted by Crippen LogP contribution is -2.29. The Balaban J connectivity index is 2.06. The number of ether oxygens (including phenoxy) is 2. The Morgan fingerprint density at radius 3 is 2.91 bits per heavy atom. The quantitative estimate of drug-likeness (QED) is 0.672. The maximum Gasteiger partial charge on any atom is 0.303 e. The summed E-state index contributed by atoms with van der Waals surface area (Å²) in [7, 11) is 0. The van der Waals surface area contributed by atoms with Crippen LogP contribution in [-0.4, -0.2) is 37.7 Å². The highest BCUT2D eigenvalue weighted by molar-refractivity contribution is 6.33. The summed E-state index contributed by atoms with van der Waals surface area (Å²) in [5, 5.41) is 0.174. The lowest BCUT2D eigenvalue weighted by atomic mass is 9.98. The molecular weight excluding hydrogens is 322 g/mol. The molecule has 2 N–H and O–H groups in total. The number of aromatic nitrogens is 4. The van der Waals surface area contributed by atoms with Gasteiger partial charge in [-0.3, -0.25) is 9.36 Å². The fourth-order valence-electron chi connectivity index (χ4n) is 2.98. The van der Waals surface area contributed by atoms with Crippen molar-refractivity contribution in [1.82, 2.24) is 19.5 Å². The molecule has 1 fully saturated rings. The number of carbonyl (C=O) groups excluding carboxylic acids is 1. The van der Waals surface area contributed by atoms with Gasteiger partial charge in [0, 0.05) is 12.8 Å². The molecule has 0 spiro atoms. The number of anilines is 1. The fourth-order valence-corrected chi connectivity index (χ4v) is 3.20. The first-order valence-electron chi connectivity index (χ1n) is 7.40. The van der Waals surface area contributed by atoms with Gasteiger partial charge in [0.25, 0.3) is 0 Å². The zero-order valence-corrected chi connectivity index (χ0v) is 13.8. The first-order chi connectivity index (χ1) is 10.9. The summed E-state index contributed by atoms with van der Waals surface area (Å²) in [5.41, 5.74) is 6.56. The molecule has 124 valence electrons. The molecule has 1 aliphatic rings. The van der Waals surface area contributed by atoms with E-state index < -0.39 is 12.3 Å². The van der Waals surface area contributed by atoms with E-state index >= 15 is 0 Å². The Kier molecular flexibility index (Phi) is 4.11. The van der Waals surface area contributed by atoms with Crippen LogP contribution in [-0.2, 0) is 14.3 Å². The van der Waals surface area contributed by atoms with E-state index in [1.807, 2.05) is 13.8 Å². The number of fused-ring (bicyclic) bond motifs is 1. The predicted molar refractivity (Wildman–Crippen MR) is 83.7 cm³/mol. The van der Waals surface area contributed by atoms with Crippen LogP contribution in [0.2, 0.25) is 5.15 Å². The third-order valence-corrected chi connectivity index (χ3v) is 4.34. The van der Waals surface area contributed by atoms with Crippen molar-refractivity contribution in [2.24, 2.45) is 5.92 Å². The van der Waals surface area contributed by atoms with E-state index in [1.54, 1.807) is 10.9 Å². The minimum atomic E-state index is -0.533. The van der Waals surface area contributed by atoms with Crippen LogP contribution < -0.4 is 5.73 Å². The van der Waals surface area contributed by atoms with Gasteiger partial charge in [0.2, 0.25) is 5.95 Å². The van der Waals surface area contributed by atoms with Gasteiger partial charge in [-0.2, -0.15) is 9.97 Å². The van der Waals surface area contributed by atoms with Crippen molar-refractivity contribution in [3.63, 3.8) is 0 Å². The summed E-state index contributed by atoms with van der Waals surface area (Å²) in [6.45, 7) is 5.40. The van der Waals surface area contributed by atoms with E-state index in [0.717, 1.165) is 6.42 Å². The number of carbonyl (C=O) groups is 1. The molecule has 0 amide bonds. The normalized spacial score (nSPS) is 27.5. The van der Waals surface area contributed by atoms with E-state index in [0.29, 0.717) is 11.2 Å². The van der Waals surface area contributed by atoms with E-state index in [1.165, 1.54) is 6.92 Å². The van der Waals surface area contributed by atoms with Crippen LogP contribution in [0.25, 0.3) is 11.2 Å². The van der Waals surface area contributed by atoms with E-state index in [2.05, 4.69) is 15.0 Å². The highest BCUT2D eigenvalue weighted by Crippen LogP contribution is 2.39. The van der Waals surface area contributed by atoms with Crippen LogP contribution >= 0.6 is 11.6 Å². The van der Waals surface area contributed by atoms with Crippen LogP contribution in [0.1, 0.15) is 33.4 Å². The summed E-state index contributed by atoms with van der Waals surface area (Å²) in [6.07, 6.45) is 1.35. The summed E-state index contributed by atoms with van der Waals surface area (Å²) in [5.74, 6) is -0.267. The van der Waals surface area contributed by atoms with Gasteiger partial charge < -0.3 is 15.2 Å². The number of nitrogens with two attached hydrogens (primary N) is 1. The molecule has 1 unspecified atom stereocenters. The van der Waals surface area contributed by atoms with Crippen LogP contribution in [0.4, 0.5) is 5.95 Å². The fraction of sp³-hybridized carbons (Fsp3) is 0.571. The monoisotopic (exact) mass is 339 g/mol. The molecular formula is C14H18ClN5O3. The highest BCUT2D eigenvalue weighted by Gasteiger charge is 2.45. The predicted octanol–water partition coefficient (Wildman–Crippen LogP) is 1.94. The Bertz CT molecular complexity index is 749. The van der Waals surface area contributed by atoms with Gasteiger partial charge in [0.1, 0.15) is 5.52 Å². The number of hydrogen-bond donors (Lipinski definition) is 1. The molecule has 0 aliphatic carbocycles. The second kappa shape index (κ2) is 5.93. The second-order valence-electron chi connectivity index (χ2n) is 5.60. The lowest BCUT2D eigenvalue weighted by molar-refractivity contribution is -0.153. The summed E-state index contributed by atoms with van der Waals surface area (Å²) >= 11 is 6.05. The van der Waals surface area contributed by atoms with Crippen LogP contribution in [0.3, 0.4) is 0 Å².